The highest BCUT2D eigenvalue weighted by Gasteiger charge is 2.25. The van der Waals surface area contributed by atoms with Crippen LogP contribution in [0, 0.1) is 29.1 Å². The standard InChI is InChI=1S/C14H14F5N/c15-9-10(16)12(18)14(13(19)11(9)17)20-7-6-8-4-2-1-3-5-8/h4,20H,1-3,5-7H2. The SMILES string of the molecule is Fc1c(F)c(F)c(NCCC2=CCCCC2)c(F)c1F. The van der Waals surface area contributed by atoms with Crippen molar-refractivity contribution in [1.82, 2.24) is 0 Å². The topological polar surface area (TPSA) is 12.0 Å². The number of nitrogens with one attached hydrogen (secondary N) is 1. The first-order valence-electron chi connectivity index (χ1n) is 6.45. The van der Waals surface area contributed by atoms with Crippen molar-refractivity contribution >= 4 is 5.69 Å². The molecule has 1 aromatic rings. The van der Waals surface area contributed by atoms with E-state index in [9.17, 15) is 22.0 Å². The summed E-state index contributed by atoms with van der Waals surface area (Å²) in [6.45, 7) is 0.129. The summed E-state index contributed by atoms with van der Waals surface area (Å²) in [5.41, 5.74) is 0.186. The van der Waals surface area contributed by atoms with Crippen LogP contribution < -0.4 is 5.32 Å². The summed E-state index contributed by atoms with van der Waals surface area (Å²) in [5.74, 6) is -9.63. The Morgan fingerprint density at radius 1 is 0.850 bits per heavy atom. The Hall–Kier alpha value is -1.59. The van der Waals surface area contributed by atoms with Gasteiger partial charge in [0.1, 0.15) is 5.69 Å². The normalized spacial score (nSPS) is 15.2. The van der Waals surface area contributed by atoms with Crippen molar-refractivity contribution in [2.75, 3.05) is 11.9 Å². The summed E-state index contributed by atoms with van der Waals surface area (Å²) < 4.78 is 65.5. The van der Waals surface area contributed by atoms with E-state index in [4.69, 9.17) is 0 Å². The van der Waals surface area contributed by atoms with Crippen LogP contribution in [0.25, 0.3) is 0 Å². The van der Waals surface area contributed by atoms with Gasteiger partial charge in [-0.2, -0.15) is 0 Å². The Morgan fingerprint density at radius 3 is 2.00 bits per heavy atom. The molecule has 1 nitrogen and oxygen atoms in total. The number of halogens is 5. The zero-order valence-electron chi connectivity index (χ0n) is 10.7. The van der Waals surface area contributed by atoms with E-state index in [1.807, 2.05) is 0 Å². The zero-order valence-corrected chi connectivity index (χ0v) is 10.7. The number of rotatable bonds is 4. The molecule has 110 valence electrons. The maximum atomic E-state index is 13.4. The van der Waals surface area contributed by atoms with Crippen LogP contribution in [0.15, 0.2) is 11.6 Å². The van der Waals surface area contributed by atoms with Crippen LogP contribution in [0.4, 0.5) is 27.6 Å². The van der Waals surface area contributed by atoms with Gasteiger partial charge in [-0.3, -0.25) is 0 Å². The van der Waals surface area contributed by atoms with Gasteiger partial charge < -0.3 is 5.32 Å². The molecule has 6 heteroatoms. The monoisotopic (exact) mass is 291 g/mol. The largest absolute Gasteiger partial charge is 0.380 e. The quantitative estimate of drug-likeness (QED) is 0.367. The third kappa shape index (κ3) is 2.94. The first kappa shape index (κ1) is 14.8. The number of benzene rings is 1. The Kier molecular flexibility index (Phi) is 4.62. The van der Waals surface area contributed by atoms with E-state index in [-0.39, 0.29) is 6.54 Å². The smallest absolute Gasteiger partial charge is 0.200 e. The summed E-state index contributed by atoms with van der Waals surface area (Å²) >= 11 is 0. The Bertz CT molecular complexity index is 510. The van der Waals surface area contributed by atoms with Gasteiger partial charge in [0.05, 0.1) is 0 Å². The van der Waals surface area contributed by atoms with Crippen molar-refractivity contribution in [2.45, 2.75) is 32.1 Å². The minimum absolute atomic E-state index is 0.129. The van der Waals surface area contributed by atoms with Gasteiger partial charge in [-0.15, -0.1) is 0 Å². The molecule has 20 heavy (non-hydrogen) atoms. The molecule has 0 saturated heterocycles. The highest BCUT2D eigenvalue weighted by molar-refractivity contribution is 5.47. The number of hydrogen-bond donors (Lipinski definition) is 1. The molecule has 0 fully saturated rings. The van der Waals surface area contributed by atoms with Crippen LogP contribution in [0.5, 0.6) is 0 Å². The molecule has 0 saturated carbocycles. The molecule has 0 spiro atoms. The molecule has 1 aliphatic rings. The van der Waals surface area contributed by atoms with Gasteiger partial charge in [-0.25, -0.2) is 22.0 Å². The number of anilines is 1. The lowest BCUT2D eigenvalue weighted by molar-refractivity contribution is 0.381. The fraction of sp³-hybridized carbons (Fsp3) is 0.429. The molecule has 1 N–H and O–H groups in total. The first-order valence-corrected chi connectivity index (χ1v) is 6.45. The maximum Gasteiger partial charge on any atom is 0.200 e. The minimum atomic E-state index is -2.14. The Morgan fingerprint density at radius 2 is 1.45 bits per heavy atom. The van der Waals surface area contributed by atoms with E-state index in [0.717, 1.165) is 31.3 Å². The summed E-state index contributed by atoms with van der Waals surface area (Å²) in [6, 6.07) is 0. The highest BCUT2D eigenvalue weighted by atomic mass is 19.2. The lowest BCUT2D eigenvalue weighted by Crippen LogP contribution is -2.11. The molecule has 0 heterocycles. The van der Waals surface area contributed by atoms with Gasteiger partial charge in [-0.05, 0) is 32.1 Å². The van der Waals surface area contributed by atoms with Crippen molar-refractivity contribution in [3.05, 3.63) is 40.7 Å². The van der Waals surface area contributed by atoms with Crippen molar-refractivity contribution < 1.29 is 22.0 Å². The Balaban J connectivity index is 2.08. The summed E-state index contributed by atoms with van der Waals surface area (Å²) in [7, 11) is 0. The Labute approximate surface area is 113 Å². The lowest BCUT2D eigenvalue weighted by atomic mass is 9.97. The van der Waals surface area contributed by atoms with Crippen LogP contribution in [0.3, 0.4) is 0 Å². The van der Waals surface area contributed by atoms with Crippen LogP contribution >= 0.6 is 0 Å². The van der Waals surface area contributed by atoms with Gasteiger partial charge in [0, 0.05) is 6.54 Å². The zero-order chi connectivity index (χ0) is 14.7. The predicted molar refractivity (Wildman–Crippen MR) is 65.9 cm³/mol. The van der Waals surface area contributed by atoms with Gasteiger partial charge >= 0.3 is 0 Å². The lowest BCUT2D eigenvalue weighted by Gasteiger charge is -2.14. The third-order valence-electron chi connectivity index (χ3n) is 3.34. The van der Waals surface area contributed by atoms with Gasteiger partial charge in [-0.1, -0.05) is 11.6 Å². The van der Waals surface area contributed by atoms with E-state index in [0.29, 0.717) is 6.42 Å². The van der Waals surface area contributed by atoms with Gasteiger partial charge in [0.15, 0.2) is 23.3 Å². The van der Waals surface area contributed by atoms with Crippen LogP contribution in [0.2, 0.25) is 0 Å². The molecule has 0 atom stereocenters. The number of hydrogen-bond acceptors (Lipinski definition) is 1. The van der Waals surface area contributed by atoms with Gasteiger partial charge in [0.2, 0.25) is 5.82 Å². The van der Waals surface area contributed by atoms with Crippen molar-refractivity contribution in [3.63, 3.8) is 0 Å². The second-order valence-electron chi connectivity index (χ2n) is 4.73. The third-order valence-corrected chi connectivity index (χ3v) is 3.34. The first-order chi connectivity index (χ1) is 9.52. The van der Waals surface area contributed by atoms with Crippen LogP contribution in [-0.2, 0) is 0 Å². The maximum absolute atomic E-state index is 13.4. The van der Waals surface area contributed by atoms with E-state index in [2.05, 4.69) is 11.4 Å². The predicted octanol–water partition coefficient (Wildman–Crippen LogP) is 4.68. The average Bonchev–Trinajstić information content (AvgIpc) is 2.48. The van der Waals surface area contributed by atoms with Crippen LogP contribution in [-0.4, -0.2) is 6.54 Å². The van der Waals surface area contributed by atoms with Crippen LogP contribution in [0.1, 0.15) is 32.1 Å². The molecule has 0 aliphatic heterocycles. The van der Waals surface area contributed by atoms with Crippen molar-refractivity contribution in [1.29, 1.82) is 0 Å². The van der Waals surface area contributed by atoms with Gasteiger partial charge in [0.25, 0.3) is 0 Å². The minimum Gasteiger partial charge on any atom is -0.380 e. The fourth-order valence-corrected chi connectivity index (χ4v) is 2.24. The molecule has 1 aliphatic carbocycles. The molecular weight excluding hydrogens is 277 g/mol. The average molecular weight is 291 g/mol. The second kappa shape index (κ2) is 6.24. The molecule has 0 radical (unpaired) electrons. The van der Waals surface area contributed by atoms with E-state index < -0.39 is 34.8 Å². The summed E-state index contributed by atoms with van der Waals surface area (Å²) in [5, 5.41) is 2.30. The summed E-state index contributed by atoms with van der Waals surface area (Å²) in [4.78, 5) is 0. The van der Waals surface area contributed by atoms with E-state index in [1.165, 1.54) is 0 Å². The fourth-order valence-electron chi connectivity index (χ4n) is 2.24. The molecule has 1 aromatic carbocycles. The summed E-state index contributed by atoms with van der Waals surface area (Å²) in [6.07, 6.45) is 6.66. The number of allylic oxidation sites excluding steroid dienone is 1. The highest BCUT2D eigenvalue weighted by Crippen LogP contribution is 2.27. The van der Waals surface area contributed by atoms with E-state index >= 15 is 0 Å². The molecule has 0 unspecified atom stereocenters. The molecule has 0 amide bonds. The molecular formula is C14H14F5N. The van der Waals surface area contributed by atoms with Crippen molar-refractivity contribution in [2.24, 2.45) is 0 Å². The molecule has 0 bridgehead atoms. The molecule has 0 aromatic heterocycles. The second-order valence-corrected chi connectivity index (χ2v) is 4.73. The molecule has 2 rings (SSSR count). The van der Waals surface area contributed by atoms with E-state index in [1.54, 1.807) is 0 Å². The van der Waals surface area contributed by atoms with Crippen molar-refractivity contribution in [3.8, 4) is 0 Å².